The Morgan fingerprint density at radius 3 is 2.35 bits per heavy atom. The van der Waals surface area contributed by atoms with Gasteiger partial charge in [-0.1, -0.05) is 32.0 Å². The van der Waals surface area contributed by atoms with Crippen molar-refractivity contribution in [2.24, 2.45) is 0 Å². The van der Waals surface area contributed by atoms with E-state index in [0.29, 0.717) is 102 Å². The quantitative estimate of drug-likeness (QED) is 0.216. The van der Waals surface area contributed by atoms with Gasteiger partial charge in [0.25, 0.3) is 11.8 Å². The summed E-state index contributed by atoms with van der Waals surface area (Å²) in [5.74, 6) is 0.639. The third kappa shape index (κ3) is 7.26. The topological polar surface area (TPSA) is 195 Å². The van der Waals surface area contributed by atoms with Crippen molar-refractivity contribution < 1.29 is 29.6 Å². The number of phenolic OH excluding ortho intramolecular Hbond substituents is 2. The van der Waals surface area contributed by atoms with Gasteiger partial charge in [-0.25, -0.2) is 19.9 Å². The van der Waals surface area contributed by atoms with E-state index in [4.69, 9.17) is 20.4 Å². The van der Waals surface area contributed by atoms with Crippen molar-refractivity contribution in [2.45, 2.75) is 70.8 Å². The Bertz CT molecular complexity index is 2110. The molecule has 15 nitrogen and oxygen atoms in total. The van der Waals surface area contributed by atoms with Crippen LogP contribution in [0.15, 0.2) is 42.7 Å². The number of anilines is 2. The van der Waals surface area contributed by atoms with Crippen molar-refractivity contribution in [3.8, 4) is 22.9 Å². The number of rotatable bonds is 7. The van der Waals surface area contributed by atoms with Crippen LogP contribution in [-0.4, -0.2) is 113 Å². The van der Waals surface area contributed by atoms with Crippen LogP contribution in [0.4, 0.5) is 11.8 Å². The maximum Gasteiger partial charge on any atom is 0.258 e. The number of amides is 2. The maximum absolute atomic E-state index is 14.0. The molecule has 2 fully saturated rings. The molecule has 0 spiro atoms. The Balaban J connectivity index is 0.910. The number of likely N-dealkylation sites (tertiary alicyclic amines) is 1. The van der Waals surface area contributed by atoms with Crippen LogP contribution in [0.2, 0.25) is 0 Å². The average molecular weight is 750 g/mol. The summed E-state index contributed by atoms with van der Waals surface area (Å²) in [6, 6.07) is 9.06. The van der Waals surface area contributed by atoms with Gasteiger partial charge in [-0.3, -0.25) is 14.5 Å². The van der Waals surface area contributed by atoms with E-state index in [2.05, 4.69) is 31.9 Å². The highest BCUT2D eigenvalue weighted by molar-refractivity contribution is 5.97. The minimum absolute atomic E-state index is 0.00717. The second kappa shape index (κ2) is 14.7. The molecule has 2 aromatic carbocycles. The number of aromatic hydroxyl groups is 2. The predicted molar refractivity (Wildman–Crippen MR) is 203 cm³/mol. The van der Waals surface area contributed by atoms with Crippen LogP contribution in [0.3, 0.4) is 0 Å². The summed E-state index contributed by atoms with van der Waals surface area (Å²) >= 11 is 0. The van der Waals surface area contributed by atoms with E-state index in [1.54, 1.807) is 28.3 Å². The number of ether oxygens (including phenoxy) is 1. The molecule has 8 rings (SSSR count). The SMILES string of the molecule is CC(C)c1cc(C(=O)N2Cc3ccc(CN4CCC(O)(C(=O)N5CCc6c(nc(-c7cnc(N)nc7)nc6N6CCOCC6)C5)CC4)cc3C2)c(O)cc1O. The van der Waals surface area contributed by atoms with E-state index in [1.165, 1.54) is 6.07 Å². The first-order valence-electron chi connectivity index (χ1n) is 19.0. The van der Waals surface area contributed by atoms with Crippen molar-refractivity contribution in [3.63, 3.8) is 0 Å². The van der Waals surface area contributed by atoms with Crippen LogP contribution in [0, 0.1) is 0 Å². The van der Waals surface area contributed by atoms with E-state index in [9.17, 15) is 24.9 Å². The molecule has 2 aromatic heterocycles. The predicted octanol–water partition coefficient (Wildman–Crippen LogP) is 2.95. The van der Waals surface area contributed by atoms with Gasteiger partial charge in [-0.2, -0.15) is 0 Å². The fourth-order valence-corrected chi connectivity index (χ4v) is 8.14. The number of carbonyl (C=O) groups excluding carboxylic acids is 2. The number of aromatic nitrogens is 4. The zero-order chi connectivity index (χ0) is 38.4. The van der Waals surface area contributed by atoms with Crippen LogP contribution in [-0.2, 0) is 42.1 Å². The Labute approximate surface area is 319 Å². The van der Waals surface area contributed by atoms with E-state index < -0.39 is 5.60 Å². The molecule has 4 aliphatic rings. The molecule has 15 heteroatoms. The summed E-state index contributed by atoms with van der Waals surface area (Å²) in [4.78, 5) is 53.5. The van der Waals surface area contributed by atoms with Gasteiger partial charge in [-0.05, 0) is 53.5 Å². The highest BCUT2D eigenvalue weighted by Crippen LogP contribution is 2.36. The number of nitrogens with two attached hydrogens (primary N) is 1. The summed E-state index contributed by atoms with van der Waals surface area (Å²) in [5.41, 5.74) is 10.6. The molecule has 2 saturated heterocycles. The molecule has 0 unspecified atom stereocenters. The molecule has 0 bridgehead atoms. The van der Waals surface area contributed by atoms with Crippen molar-refractivity contribution >= 4 is 23.6 Å². The number of nitrogens with zero attached hydrogens (tertiary/aromatic N) is 8. The van der Waals surface area contributed by atoms with Gasteiger partial charge in [0.15, 0.2) is 5.82 Å². The number of hydrogen-bond acceptors (Lipinski definition) is 13. The highest BCUT2D eigenvalue weighted by atomic mass is 16.5. The molecule has 4 aliphatic heterocycles. The zero-order valence-electron chi connectivity index (χ0n) is 31.2. The molecule has 288 valence electrons. The number of hydrogen-bond donors (Lipinski definition) is 4. The third-order valence-corrected chi connectivity index (χ3v) is 11.3. The lowest BCUT2D eigenvalue weighted by Gasteiger charge is -2.41. The fraction of sp³-hybridized carbons (Fsp3) is 0.450. The molecule has 55 heavy (non-hydrogen) atoms. The second-order valence-corrected chi connectivity index (χ2v) is 15.4. The fourth-order valence-electron chi connectivity index (χ4n) is 8.14. The van der Waals surface area contributed by atoms with E-state index in [1.807, 2.05) is 19.9 Å². The van der Waals surface area contributed by atoms with Crippen molar-refractivity contribution in [3.05, 3.63) is 81.8 Å². The number of aliphatic hydroxyl groups is 1. The minimum Gasteiger partial charge on any atom is -0.508 e. The second-order valence-electron chi connectivity index (χ2n) is 15.4. The molecule has 4 aromatic rings. The van der Waals surface area contributed by atoms with Gasteiger partial charge in [0.05, 0.1) is 36.6 Å². The minimum atomic E-state index is -1.48. The van der Waals surface area contributed by atoms with Crippen LogP contribution in [0.25, 0.3) is 11.4 Å². The number of benzene rings is 2. The van der Waals surface area contributed by atoms with Crippen LogP contribution < -0.4 is 10.6 Å². The smallest absolute Gasteiger partial charge is 0.258 e. The van der Waals surface area contributed by atoms with E-state index in [0.717, 1.165) is 33.8 Å². The van der Waals surface area contributed by atoms with Crippen LogP contribution in [0.5, 0.6) is 11.5 Å². The molecule has 0 radical (unpaired) electrons. The van der Waals surface area contributed by atoms with Crippen molar-refractivity contribution in [2.75, 3.05) is 56.6 Å². The Hall–Kier alpha value is -5.38. The molecular weight excluding hydrogens is 702 g/mol. The van der Waals surface area contributed by atoms with Crippen LogP contribution in [0.1, 0.15) is 76.5 Å². The molecular formula is C40H47N9O6. The number of phenols is 2. The number of carbonyl (C=O) groups is 2. The maximum atomic E-state index is 14.0. The molecule has 6 heterocycles. The summed E-state index contributed by atoms with van der Waals surface area (Å²) in [5, 5.41) is 32.5. The van der Waals surface area contributed by atoms with Gasteiger partial charge in [0.2, 0.25) is 5.95 Å². The summed E-state index contributed by atoms with van der Waals surface area (Å²) in [6.45, 7) is 9.80. The Morgan fingerprint density at radius 1 is 0.891 bits per heavy atom. The highest BCUT2D eigenvalue weighted by Gasteiger charge is 2.43. The van der Waals surface area contributed by atoms with Crippen molar-refractivity contribution in [1.29, 1.82) is 0 Å². The Morgan fingerprint density at radius 2 is 1.62 bits per heavy atom. The summed E-state index contributed by atoms with van der Waals surface area (Å²) in [7, 11) is 0. The normalized spacial score (nSPS) is 18.4. The molecule has 0 atom stereocenters. The lowest BCUT2D eigenvalue weighted by atomic mass is 9.88. The number of nitrogen functional groups attached to an aromatic ring is 1. The first kappa shape index (κ1) is 36.6. The van der Waals surface area contributed by atoms with Gasteiger partial charge >= 0.3 is 0 Å². The number of piperidine rings is 1. The van der Waals surface area contributed by atoms with Gasteiger partial charge in [-0.15, -0.1) is 0 Å². The standard InChI is InChI=1S/C40H47N9O6/c1-24(2)30-16-31(34(51)17-33(30)50)37(52)49-21-26-4-3-25(15-27(26)22-49)20-46-9-6-40(54,7-10-46)38(53)48-8-5-29-32(23-48)44-35(28-18-42-39(41)43-19-28)45-36(29)47-11-13-55-14-12-47/h3-4,15-19,24,50-51,54H,5-14,20-23H2,1-2H3,(H2,41,42,43). The molecule has 0 aliphatic carbocycles. The van der Waals surface area contributed by atoms with Gasteiger partial charge in [0, 0.05) is 76.4 Å². The average Bonchev–Trinajstić information content (AvgIpc) is 3.62. The number of morpholine rings is 1. The number of fused-ring (bicyclic) bond motifs is 2. The monoisotopic (exact) mass is 749 g/mol. The van der Waals surface area contributed by atoms with Gasteiger partial charge < -0.3 is 40.5 Å². The van der Waals surface area contributed by atoms with Crippen molar-refractivity contribution in [1.82, 2.24) is 34.6 Å². The lowest BCUT2D eigenvalue weighted by molar-refractivity contribution is -0.157. The zero-order valence-corrected chi connectivity index (χ0v) is 31.2. The van der Waals surface area contributed by atoms with E-state index >= 15 is 0 Å². The Kier molecular flexibility index (Phi) is 9.78. The summed E-state index contributed by atoms with van der Waals surface area (Å²) in [6.07, 6.45) is 4.40. The third-order valence-electron chi connectivity index (χ3n) is 11.3. The largest absolute Gasteiger partial charge is 0.508 e. The summed E-state index contributed by atoms with van der Waals surface area (Å²) < 4.78 is 5.59. The first-order chi connectivity index (χ1) is 26.5. The van der Waals surface area contributed by atoms with E-state index in [-0.39, 0.29) is 47.3 Å². The molecule has 0 saturated carbocycles. The first-order valence-corrected chi connectivity index (χ1v) is 19.0. The lowest BCUT2D eigenvalue weighted by Crippen LogP contribution is -2.55. The molecule has 2 amide bonds. The van der Waals surface area contributed by atoms with Gasteiger partial charge in [0.1, 0.15) is 22.9 Å². The molecule has 5 N–H and O–H groups in total. The van der Waals surface area contributed by atoms with Crippen LogP contribution >= 0.6 is 0 Å².